The van der Waals surface area contributed by atoms with Crippen LogP contribution in [0.25, 0.3) is 0 Å². The second-order valence-electron chi connectivity index (χ2n) is 5.98. The molecule has 0 amide bonds. The van der Waals surface area contributed by atoms with Crippen LogP contribution in [-0.4, -0.2) is 31.1 Å². The second kappa shape index (κ2) is 5.02. The molecule has 0 radical (unpaired) electrons. The van der Waals surface area contributed by atoms with Crippen LogP contribution in [0, 0.1) is 6.92 Å². The molecule has 1 aliphatic heterocycles. The minimum atomic E-state index is 0.606. The van der Waals surface area contributed by atoms with E-state index in [2.05, 4.69) is 42.4 Å². The van der Waals surface area contributed by atoms with Gasteiger partial charge >= 0.3 is 0 Å². The molecule has 0 aromatic heterocycles. The number of hydrogen-bond acceptors (Lipinski definition) is 2. The van der Waals surface area contributed by atoms with Crippen LogP contribution in [-0.2, 0) is 6.42 Å². The quantitative estimate of drug-likeness (QED) is 0.860. The van der Waals surface area contributed by atoms with Gasteiger partial charge in [-0.05, 0) is 69.4 Å². The highest BCUT2D eigenvalue weighted by molar-refractivity contribution is 5.40. The molecule has 1 heterocycles. The lowest BCUT2D eigenvalue weighted by Crippen LogP contribution is -2.42. The van der Waals surface area contributed by atoms with Crippen LogP contribution in [0.4, 0.5) is 0 Å². The molecule has 1 saturated heterocycles. The minimum Gasteiger partial charge on any atom is -0.307 e. The summed E-state index contributed by atoms with van der Waals surface area (Å²) in [6.07, 6.45) is 5.14. The Bertz CT molecular complexity index is 419. The van der Waals surface area contributed by atoms with Crippen LogP contribution in [0.5, 0.6) is 0 Å². The first-order valence-corrected chi connectivity index (χ1v) is 7.27. The number of piperidine rings is 1. The van der Waals surface area contributed by atoms with Gasteiger partial charge in [0.25, 0.3) is 0 Å². The fraction of sp³-hybridized carbons (Fsp3) is 0.625. The van der Waals surface area contributed by atoms with Crippen LogP contribution in [0.15, 0.2) is 18.2 Å². The molecule has 2 nitrogen and oxygen atoms in total. The number of nitrogens with zero attached hydrogens (tertiary/aromatic N) is 1. The molecule has 1 atom stereocenters. The highest BCUT2D eigenvalue weighted by Gasteiger charge is 2.27. The Kier molecular flexibility index (Phi) is 3.40. The van der Waals surface area contributed by atoms with Crippen molar-refractivity contribution in [2.45, 2.75) is 44.7 Å². The Morgan fingerprint density at radius 2 is 1.94 bits per heavy atom. The molecule has 1 unspecified atom stereocenters. The van der Waals surface area contributed by atoms with Gasteiger partial charge in [-0.1, -0.05) is 18.2 Å². The lowest BCUT2D eigenvalue weighted by atomic mass is 9.99. The van der Waals surface area contributed by atoms with Gasteiger partial charge in [0, 0.05) is 12.1 Å². The Morgan fingerprint density at radius 1 is 1.17 bits per heavy atom. The summed E-state index contributed by atoms with van der Waals surface area (Å²) in [6, 6.07) is 8.09. The molecule has 1 aromatic rings. The van der Waals surface area contributed by atoms with Crippen LogP contribution in [0.2, 0.25) is 0 Å². The molecule has 0 spiro atoms. The number of aryl methyl sites for hydroxylation is 2. The maximum atomic E-state index is 3.91. The first-order chi connectivity index (χ1) is 8.74. The summed E-state index contributed by atoms with van der Waals surface area (Å²) in [5, 5.41) is 3.91. The van der Waals surface area contributed by atoms with E-state index >= 15 is 0 Å². The van der Waals surface area contributed by atoms with Crippen molar-refractivity contribution in [2.24, 2.45) is 0 Å². The summed E-state index contributed by atoms with van der Waals surface area (Å²) < 4.78 is 0. The molecule has 3 rings (SSSR count). The highest BCUT2D eigenvalue weighted by Crippen LogP contribution is 2.34. The van der Waals surface area contributed by atoms with E-state index < -0.39 is 0 Å². The van der Waals surface area contributed by atoms with Crippen molar-refractivity contribution in [3.8, 4) is 0 Å². The maximum absolute atomic E-state index is 3.91. The fourth-order valence-corrected chi connectivity index (χ4v) is 3.53. The molecule has 1 aliphatic carbocycles. The standard InChI is InChI=1S/C16H24N2/c1-12-4-3-5-13-6-7-15(16(12)13)17-14-8-10-18(2)11-9-14/h3-5,14-15,17H,6-11H2,1-2H3. The van der Waals surface area contributed by atoms with Crippen LogP contribution < -0.4 is 5.32 Å². The smallest absolute Gasteiger partial charge is 0.0331 e. The third-order valence-electron chi connectivity index (χ3n) is 4.62. The van der Waals surface area contributed by atoms with Gasteiger partial charge in [-0.3, -0.25) is 0 Å². The molecular weight excluding hydrogens is 220 g/mol. The van der Waals surface area contributed by atoms with E-state index in [1.165, 1.54) is 44.3 Å². The average Bonchev–Trinajstić information content (AvgIpc) is 2.77. The van der Waals surface area contributed by atoms with Crippen molar-refractivity contribution in [1.82, 2.24) is 10.2 Å². The van der Waals surface area contributed by atoms with Gasteiger partial charge in [0.1, 0.15) is 0 Å². The van der Waals surface area contributed by atoms with E-state index in [4.69, 9.17) is 0 Å². The third-order valence-corrected chi connectivity index (χ3v) is 4.62. The van der Waals surface area contributed by atoms with Gasteiger partial charge in [0.2, 0.25) is 0 Å². The van der Waals surface area contributed by atoms with Gasteiger partial charge in [-0.25, -0.2) is 0 Å². The van der Waals surface area contributed by atoms with Gasteiger partial charge < -0.3 is 10.2 Å². The maximum Gasteiger partial charge on any atom is 0.0331 e. The van der Waals surface area contributed by atoms with Crippen molar-refractivity contribution in [1.29, 1.82) is 0 Å². The zero-order valence-corrected chi connectivity index (χ0v) is 11.6. The monoisotopic (exact) mass is 244 g/mol. The van der Waals surface area contributed by atoms with Crippen LogP contribution in [0.1, 0.15) is 42.0 Å². The van der Waals surface area contributed by atoms with Crippen molar-refractivity contribution >= 4 is 0 Å². The SMILES string of the molecule is Cc1cccc2c1C(NC1CCN(C)CC1)CC2. The summed E-state index contributed by atoms with van der Waals surface area (Å²) >= 11 is 0. The Hall–Kier alpha value is -0.860. The Labute approximate surface area is 110 Å². The Morgan fingerprint density at radius 3 is 2.72 bits per heavy atom. The predicted octanol–water partition coefficient (Wildman–Crippen LogP) is 2.67. The molecule has 1 aromatic carbocycles. The second-order valence-corrected chi connectivity index (χ2v) is 5.98. The van der Waals surface area contributed by atoms with E-state index in [1.807, 2.05) is 0 Å². The van der Waals surface area contributed by atoms with Crippen molar-refractivity contribution < 1.29 is 0 Å². The lowest BCUT2D eigenvalue weighted by Gasteiger charge is -2.32. The zero-order chi connectivity index (χ0) is 12.5. The van der Waals surface area contributed by atoms with Gasteiger partial charge in [-0.15, -0.1) is 0 Å². The number of rotatable bonds is 2. The van der Waals surface area contributed by atoms with Crippen molar-refractivity contribution in [3.63, 3.8) is 0 Å². The first kappa shape index (κ1) is 12.2. The number of benzene rings is 1. The summed E-state index contributed by atoms with van der Waals surface area (Å²) in [5.41, 5.74) is 4.63. The molecule has 0 bridgehead atoms. The topological polar surface area (TPSA) is 15.3 Å². The normalized spacial score (nSPS) is 25.3. The Balaban J connectivity index is 1.69. The largest absolute Gasteiger partial charge is 0.307 e. The molecule has 98 valence electrons. The van der Waals surface area contributed by atoms with Gasteiger partial charge in [-0.2, -0.15) is 0 Å². The number of nitrogens with one attached hydrogen (secondary N) is 1. The molecule has 1 fully saturated rings. The van der Waals surface area contributed by atoms with Gasteiger partial charge in [0.05, 0.1) is 0 Å². The highest BCUT2D eigenvalue weighted by atomic mass is 15.1. The average molecular weight is 244 g/mol. The predicted molar refractivity (Wildman–Crippen MR) is 75.9 cm³/mol. The van der Waals surface area contributed by atoms with E-state index in [-0.39, 0.29) is 0 Å². The molecular formula is C16H24N2. The van der Waals surface area contributed by atoms with Crippen molar-refractivity contribution in [3.05, 3.63) is 34.9 Å². The third kappa shape index (κ3) is 2.32. The number of fused-ring (bicyclic) bond motifs is 1. The molecule has 0 saturated carbocycles. The summed E-state index contributed by atoms with van der Waals surface area (Å²) in [5.74, 6) is 0. The van der Waals surface area contributed by atoms with E-state index in [9.17, 15) is 0 Å². The van der Waals surface area contributed by atoms with Crippen LogP contribution in [0.3, 0.4) is 0 Å². The molecule has 2 aliphatic rings. The molecule has 2 heteroatoms. The summed E-state index contributed by atoms with van der Waals surface area (Å²) in [4.78, 5) is 2.44. The molecule has 1 N–H and O–H groups in total. The summed E-state index contributed by atoms with van der Waals surface area (Å²) in [6.45, 7) is 4.74. The minimum absolute atomic E-state index is 0.606. The van der Waals surface area contributed by atoms with Crippen LogP contribution >= 0.6 is 0 Å². The first-order valence-electron chi connectivity index (χ1n) is 7.27. The number of hydrogen-bond donors (Lipinski definition) is 1. The van der Waals surface area contributed by atoms with E-state index in [1.54, 1.807) is 11.1 Å². The van der Waals surface area contributed by atoms with Gasteiger partial charge in [0.15, 0.2) is 0 Å². The molecule has 18 heavy (non-hydrogen) atoms. The van der Waals surface area contributed by atoms with Crippen molar-refractivity contribution in [2.75, 3.05) is 20.1 Å². The summed E-state index contributed by atoms with van der Waals surface area (Å²) in [7, 11) is 2.23. The number of likely N-dealkylation sites (tertiary alicyclic amines) is 1. The zero-order valence-electron chi connectivity index (χ0n) is 11.6. The van der Waals surface area contributed by atoms with E-state index in [0.29, 0.717) is 6.04 Å². The van der Waals surface area contributed by atoms with E-state index in [0.717, 1.165) is 6.04 Å². The fourth-order valence-electron chi connectivity index (χ4n) is 3.53. The lowest BCUT2D eigenvalue weighted by molar-refractivity contribution is 0.224.